The number of hydrogen-bond donors (Lipinski definition) is 0. The van der Waals surface area contributed by atoms with Gasteiger partial charge >= 0.3 is 0 Å². The second kappa shape index (κ2) is 8.39. The number of anilines is 1. The highest BCUT2D eigenvalue weighted by molar-refractivity contribution is 5.58. The number of nitrogens with zero attached hydrogens (tertiary/aromatic N) is 3. The molecule has 124 valence electrons. The van der Waals surface area contributed by atoms with Crippen molar-refractivity contribution in [3.8, 4) is 5.75 Å². The first-order chi connectivity index (χ1) is 10.7. The molecule has 4 heteroatoms. The first-order valence-electron chi connectivity index (χ1n) is 8.55. The Bertz CT molecular complexity index is 440. The van der Waals surface area contributed by atoms with Crippen LogP contribution in [0.25, 0.3) is 0 Å². The molecule has 0 saturated carbocycles. The third-order valence-electron chi connectivity index (χ3n) is 4.62. The molecule has 0 aromatic heterocycles. The number of rotatable bonds is 7. The predicted octanol–water partition coefficient (Wildman–Crippen LogP) is 2.55. The van der Waals surface area contributed by atoms with Crippen LogP contribution in [0.5, 0.6) is 5.75 Å². The topological polar surface area (TPSA) is 19.0 Å². The second-order valence-corrected chi connectivity index (χ2v) is 6.14. The maximum atomic E-state index is 6.17. The summed E-state index contributed by atoms with van der Waals surface area (Å²) in [5, 5.41) is 0. The summed E-state index contributed by atoms with van der Waals surface area (Å²) in [5.41, 5.74) is 1.24. The van der Waals surface area contributed by atoms with Gasteiger partial charge in [-0.2, -0.15) is 0 Å². The Balaban J connectivity index is 1.99. The van der Waals surface area contributed by atoms with Gasteiger partial charge in [0.1, 0.15) is 12.4 Å². The molecule has 1 aromatic rings. The van der Waals surface area contributed by atoms with Gasteiger partial charge < -0.3 is 14.5 Å². The molecule has 0 unspecified atom stereocenters. The van der Waals surface area contributed by atoms with E-state index in [1.807, 2.05) is 0 Å². The molecule has 0 amide bonds. The lowest BCUT2D eigenvalue weighted by Gasteiger charge is -2.35. The van der Waals surface area contributed by atoms with Crippen molar-refractivity contribution in [2.24, 2.45) is 0 Å². The van der Waals surface area contributed by atoms with Gasteiger partial charge in [0.05, 0.1) is 5.69 Å². The van der Waals surface area contributed by atoms with E-state index < -0.39 is 0 Å². The first-order valence-corrected chi connectivity index (χ1v) is 8.55. The third-order valence-corrected chi connectivity index (χ3v) is 4.62. The Kier molecular flexibility index (Phi) is 6.52. The minimum atomic E-state index is 0.440. The summed E-state index contributed by atoms with van der Waals surface area (Å²) >= 11 is 0. The Morgan fingerprint density at radius 2 is 1.73 bits per heavy atom. The van der Waals surface area contributed by atoms with Crippen LogP contribution in [-0.4, -0.2) is 68.8 Å². The lowest BCUT2D eigenvalue weighted by Crippen LogP contribution is -2.44. The Morgan fingerprint density at radius 3 is 2.36 bits per heavy atom. The minimum Gasteiger partial charge on any atom is -0.490 e. The second-order valence-electron chi connectivity index (χ2n) is 6.14. The molecule has 1 aliphatic rings. The van der Waals surface area contributed by atoms with Gasteiger partial charge in [0, 0.05) is 32.2 Å². The molecule has 22 heavy (non-hydrogen) atoms. The van der Waals surface area contributed by atoms with Crippen LogP contribution in [0.15, 0.2) is 24.3 Å². The molecule has 1 aliphatic heterocycles. The maximum Gasteiger partial charge on any atom is 0.142 e. The number of benzene rings is 1. The molecule has 0 spiro atoms. The van der Waals surface area contributed by atoms with E-state index in [1.54, 1.807) is 0 Å². The number of hydrogen-bond acceptors (Lipinski definition) is 4. The average Bonchev–Trinajstić information content (AvgIpc) is 2.55. The molecule has 1 aromatic carbocycles. The van der Waals surface area contributed by atoms with Crippen molar-refractivity contribution in [2.75, 3.05) is 57.8 Å². The normalized spacial score (nSPS) is 17.8. The molecule has 0 N–H and O–H groups in total. The summed E-state index contributed by atoms with van der Waals surface area (Å²) in [6.45, 7) is 13.9. The van der Waals surface area contributed by atoms with Gasteiger partial charge in [0.2, 0.25) is 0 Å². The zero-order valence-electron chi connectivity index (χ0n) is 14.6. The van der Waals surface area contributed by atoms with Gasteiger partial charge in [0.15, 0.2) is 0 Å². The van der Waals surface area contributed by atoms with Crippen molar-refractivity contribution < 1.29 is 4.74 Å². The van der Waals surface area contributed by atoms with E-state index in [-0.39, 0.29) is 0 Å². The molecule has 0 aliphatic carbocycles. The van der Waals surface area contributed by atoms with Crippen LogP contribution in [-0.2, 0) is 0 Å². The minimum absolute atomic E-state index is 0.440. The fourth-order valence-electron chi connectivity index (χ4n) is 3.05. The van der Waals surface area contributed by atoms with E-state index >= 15 is 0 Å². The molecular weight excluding hydrogens is 274 g/mol. The first kappa shape index (κ1) is 17.1. The monoisotopic (exact) mass is 305 g/mol. The number of ether oxygens (including phenoxy) is 1. The molecule has 4 nitrogen and oxygen atoms in total. The van der Waals surface area contributed by atoms with E-state index in [4.69, 9.17) is 4.74 Å². The van der Waals surface area contributed by atoms with Crippen molar-refractivity contribution in [1.82, 2.24) is 9.80 Å². The summed E-state index contributed by atoms with van der Waals surface area (Å²) in [6, 6.07) is 8.90. The largest absolute Gasteiger partial charge is 0.490 e. The summed E-state index contributed by atoms with van der Waals surface area (Å²) in [6.07, 6.45) is 0. The highest BCUT2D eigenvalue weighted by Crippen LogP contribution is 2.29. The molecule has 1 fully saturated rings. The number of piperazine rings is 1. The molecule has 2 rings (SSSR count). The Morgan fingerprint density at radius 1 is 1.09 bits per heavy atom. The van der Waals surface area contributed by atoms with Gasteiger partial charge in [0.25, 0.3) is 0 Å². The molecule has 0 radical (unpaired) electrons. The van der Waals surface area contributed by atoms with Gasteiger partial charge in [-0.05, 0) is 39.2 Å². The van der Waals surface area contributed by atoms with E-state index in [9.17, 15) is 0 Å². The SMILES string of the molecule is CCN(CC)[C@H](C)COc1ccccc1N1CCN(C)CC1. The van der Waals surface area contributed by atoms with Crippen LogP contribution in [0.1, 0.15) is 20.8 Å². The quantitative estimate of drug-likeness (QED) is 0.770. The van der Waals surface area contributed by atoms with Crippen molar-refractivity contribution in [2.45, 2.75) is 26.8 Å². The van der Waals surface area contributed by atoms with Crippen molar-refractivity contribution in [1.29, 1.82) is 0 Å². The van der Waals surface area contributed by atoms with E-state index in [2.05, 4.69) is 66.8 Å². The standard InChI is InChI=1S/C18H31N3O/c1-5-20(6-2)16(3)15-22-18-10-8-7-9-17(18)21-13-11-19(4)12-14-21/h7-10,16H,5-6,11-15H2,1-4H3/t16-/m1/s1. The van der Waals surface area contributed by atoms with Crippen molar-refractivity contribution in [3.05, 3.63) is 24.3 Å². The maximum absolute atomic E-state index is 6.17. The van der Waals surface area contributed by atoms with Crippen molar-refractivity contribution >= 4 is 5.69 Å². The fourth-order valence-corrected chi connectivity index (χ4v) is 3.05. The Hall–Kier alpha value is -1.26. The predicted molar refractivity (Wildman–Crippen MR) is 94.0 cm³/mol. The van der Waals surface area contributed by atoms with Gasteiger partial charge in [-0.15, -0.1) is 0 Å². The number of likely N-dealkylation sites (N-methyl/N-ethyl adjacent to an activating group) is 2. The highest BCUT2D eigenvalue weighted by Gasteiger charge is 2.18. The summed E-state index contributed by atoms with van der Waals surface area (Å²) < 4.78 is 6.17. The van der Waals surface area contributed by atoms with E-state index in [0.717, 1.165) is 51.6 Å². The molecule has 0 bridgehead atoms. The van der Waals surface area contributed by atoms with Crippen LogP contribution >= 0.6 is 0 Å². The summed E-state index contributed by atoms with van der Waals surface area (Å²) in [7, 11) is 2.19. The van der Waals surface area contributed by atoms with Gasteiger partial charge in [-0.1, -0.05) is 26.0 Å². The molecule has 1 heterocycles. The fraction of sp³-hybridized carbons (Fsp3) is 0.667. The smallest absolute Gasteiger partial charge is 0.142 e. The highest BCUT2D eigenvalue weighted by atomic mass is 16.5. The zero-order chi connectivity index (χ0) is 15.9. The lowest BCUT2D eigenvalue weighted by molar-refractivity contribution is 0.158. The van der Waals surface area contributed by atoms with Crippen LogP contribution in [0.2, 0.25) is 0 Å². The summed E-state index contributed by atoms with van der Waals surface area (Å²) in [4.78, 5) is 7.25. The molecular formula is C18H31N3O. The number of para-hydroxylation sites is 2. The van der Waals surface area contributed by atoms with Crippen LogP contribution < -0.4 is 9.64 Å². The lowest BCUT2D eigenvalue weighted by atomic mass is 10.2. The van der Waals surface area contributed by atoms with Crippen LogP contribution in [0, 0.1) is 0 Å². The van der Waals surface area contributed by atoms with Crippen LogP contribution in [0.3, 0.4) is 0 Å². The average molecular weight is 305 g/mol. The van der Waals surface area contributed by atoms with Crippen molar-refractivity contribution in [3.63, 3.8) is 0 Å². The molecule has 1 atom stereocenters. The third kappa shape index (κ3) is 4.37. The zero-order valence-corrected chi connectivity index (χ0v) is 14.6. The van der Waals surface area contributed by atoms with E-state index in [0.29, 0.717) is 6.04 Å². The summed E-state index contributed by atoms with van der Waals surface area (Å²) in [5.74, 6) is 1.02. The van der Waals surface area contributed by atoms with Gasteiger partial charge in [-0.25, -0.2) is 0 Å². The van der Waals surface area contributed by atoms with Crippen LogP contribution in [0.4, 0.5) is 5.69 Å². The molecule has 1 saturated heterocycles. The van der Waals surface area contributed by atoms with Gasteiger partial charge in [-0.3, -0.25) is 4.90 Å². The van der Waals surface area contributed by atoms with E-state index in [1.165, 1.54) is 5.69 Å². The Labute approximate surface area is 135 Å².